The number of halogens is 1. The van der Waals surface area contributed by atoms with Gasteiger partial charge in [0.15, 0.2) is 0 Å². The number of carbonyl (C=O) groups is 1. The van der Waals surface area contributed by atoms with Gasteiger partial charge < -0.3 is 10.1 Å². The van der Waals surface area contributed by atoms with Gasteiger partial charge in [-0.3, -0.25) is 9.69 Å². The standard InChI is InChI=1S/C20H23BrN2O2/c1-15-2-4-16(5-3-15)19(23-10-12-25-13-11-23)14-22-20(24)17-6-8-18(21)9-7-17/h2-9,19H,10-14H2,1H3,(H,22,24). The van der Waals surface area contributed by atoms with Crippen molar-refractivity contribution in [2.45, 2.75) is 13.0 Å². The molecule has 0 aromatic heterocycles. The Morgan fingerprint density at radius 1 is 1.12 bits per heavy atom. The van der Waals surface area contributed by atoms with Gasteiger partial charge in [0.2, 0.25) is 0 Å². The molecular formula is C20H23BrN2O2. The molecule has 0 spiro atoms. The van der Waals surface area contributed by atoms with Crippen molar-refractivity contribution >= 4 is 21.8 Å². The van der Waals surface area contributed by atoms with E-state index < -0.39 is 0 Å². The Morgan fingerprint density at radius 3 is 2.40 bits per heavy atom. The van der Waals surface area contributed by atoms with Crippen LogP contribution in [0.1, 0.15) is 27.5 Å². The molecule has 2 aromatic rings. The van der Waals surface area contributed by atoms with Crippen molar-refractivity contribution in [1.82, 2.24) is 10.2 Å². The van der Waals surface area contributed by atoms with Gasteiger partial charge in [0.25, 0.3) is 5.91 Å². The van der Waals surface area contributed by atoms with Gasteiger partial charge in [0, 0.05) is 29.7 Å². The van der Waals surface area contributed by atoms with Crippen LogP contribution in [0.25, 0.3) is 0 Å². The van der Waals surface area contributed by atoms with Crippen molar-refractivity contribution in [1.29, 1.82) is 0 Å². The smallest absolute Gasteiger partial charge is 0.251 e. The number of nitrogens with zero attached hydrogens (tertiary/aromatic N) is 1. The van der Waals surface area contributed by atoms with Crippen molar-refractivity contribution < 1.29 is 9.53 Å². The Kier molecular flexibility index (Phi) is 6.24. The molecule has 1 aliphatic rings. The fourth-order valence-corrected chi connectivity index (χ4v) is 3.29. The quantitative estimate of drug-likeness (QED) is 0.830. The molecule has 25 heavy (non-hydrogen) atoms. The van der Waals surface area contributed by atoms with Gasteiger partial charge in [-0.05, 0) is 36.8 Å². The summed E-state index contributed by atoms with van der Waals surface area (Å²) in [5.74, 6) is -0.0436. The predicted molar refractivity (Wildman–Crippen MR) is 103 cm³/mol. The Labute approximate surface area is 157 Å². The van der Waals surface area contributed by atoms with Crippen molar-refractivity contribution in [2.24, 2.45) is 0 Å². The minimum Gasteiger partial charge on any atom is -0.379 e. The van der Waals surface area contributed by atoms with Gasteiger partial charge in [-0.1, -0.05) is 45.8 Å². The van der Waals surface area contributed by atoms with Crippen LogP contribution in [-0.2, 0) is 4.74 Å². The summed E-state index contributed by atoms with van der Waals surface area (Å²) in [6.07, 6.45) is 0. The third kappa shape index (κ3) is 4.91. The van der Waals surface area contributed by atoms with E-state index >= 15 is 0 Å². The summed E-state index contributed by atoms with van der Waals surface area (Å²) < 4.78 is 6.45. The lowest BCUT2D eigenvalue weighted by molar-refractivity contribution is 0.0162. The number of morpholine rings is 1. The molecule has 1 atom stereocenters. The second-order valence-corrected chi connectivity index (χ2v) is 7.21. The number of amides is 1. The molecule has 1 saturated heterocycles. The molecule has 132 valence electrons. The van der Waals surface area contributed by atoms with E-state index in [0.29, 0.717) is 12.1 Å². The lowest BCUT2D eigenvalue weighted by Crippen LogP contribution is -2.43. The third-order valence-electron chi connectivity index (χ3n) is 4.51. The average Bonchev–Trinajstić information content (AvgIpc) is 2.64. The average molecular weight is 403 g/mol. The highest BCUT2D eigenvalue weighted by Gasteiger charge is 2.23. The first-order valence-corrected chi connectivity index (χ1v) is 9.35. The number of ether oxygens (including phenoxy) is 1. The first-order chi connectivity index (χ1) is 12.1. The summed E-state index contributed by atoms with van der Waals surface area (Å²) >= 11 is 3.40. The van der Waals surface area contributed by atoms with Crippen LogP contribution in [0.4, 0.5) is 0 Å². The highest BCUT2D eigenvalue weighted by Crippen LogP contribution is 2.22. The van der Waals surface area contributed by atoms with Crippen LogP contribution in [0.2, 0.25) is 0 Å². The molecule has 0 bridgehead atoms. The zero-order valence-corrected chi connectivity index (χ0v) is 16.0. The van der Waals surface area contributed by atoms with Crippen molar-refractivity contribution in [3.05, 3.63) is 69.7 Å². The monoisotopic (exact) mass is 402 g/mol. The second-order valence-electron chi connectivity index (χ2n) is 6.29. The van der Waals surface area contributed by atoms with E-state index in [0.717, 1.165) is 30.8 Å². The van der Waals surface area contributed by atoms with Crippen molar-refractivity contribution in [3.63, 3.8) is 0 Å². The Morgan fingerprint density at radius 2 is 1.76 bits per heavy atom. The number of rotatable bonds is 5. The Balaban J connectivity index is 1.71. The molecule has 0 saturated carbocycles. The van der Waals surface area contributed by atoms with E-state index in [4.69, 9.17) is 4.74 Å². The molecule has 2 aromatic carbocycles. The number of carbonyl (C=O) groups excluding carboxylic acids is 1. The van der Waals surface area contributed by atoms with E-state index in [2.05, 4.69) is 57.3 Å². The van der Waals surface area contributed by atoms with Gasteiger partial charge >= 0.3 is 0 Å². The van der Waals surface area contributed by atoms with Crippen molar-refractivity contribution in [2.75, 3.05) is 32.8 Å². The summed E-state index contributed by atoms with van der Waals surface area (Å²) in [6.45, 7) is 5.91. The largest absolute Gasteiger partial charge is 0.379 e. The van der Waals surface area contributed by atoms with Crippen LogP contribution in [0.15, 0.2) is 53.0 Å². The minimum atomic E-state index is -0.0436. The van der Waals surface area contributed by atoms with Crippen molar-refractivity contribution in [3.8, 4) is 0 Å². The number of hydrogen-bond acceptors (Lipinski definition) is 3. The van der Waals surface area contributed by atoms with Crippen LogP contribution in [0.5, 0.6) is 0 Å². The third-order valence-corrected chi connectivity index (χ3v) is 5.04. The van der Waals surface area contributed by atoms with Gasteiger partial charge in [0.1, 0.15) is 0 Å². The summed E-state index contributed by atoms with van der Waals surface area (Å²) in [4.78, 5) is 14.8. The van der Waals surface area contributed by atoms with E-state index in [9.17, 15) is 4.79 Å². The number of hydrogen-bond donors (Lipinski definition) is 1. The maximum absolute atomic E-state index is 12.5. The molecule has 1 aliphatic heterocycles. The molecule has 4 nitrogen and oxygen atoms in total. The fourth-order valence-electron chi connectivity index (χ4n) is 3.03. The zero-order valence-electron chi connectivity index (χ0n) is 14.4. The lowest BCUT2D eigenvalue weighted by Gasteiger charge is -2.35. The van der Waals surface area contributed by atoms with E-state index in [1.807, 2.05) is 24.3 Å². The Hall–Kier alpha value is -1.69. The van der Waals surface area contributed by atoms with Gasteiger partial charge in [-0.2, -0.15) is 0 Å². The molecule has 0 aliphatic carbocycles. The predicted octanol–water partition coefficient (Wildman–Crippen LogP) is 3.56. The minimum absolute atomic E-state index is 0.0436. The van der Waals surface area contributed by atoms with Crippen LogP contribution in [0, 0.1) is 6.92 Å². The first-order valence-electron chi connectivity index (χ1n) is 8.55. The van der Waals surface area contributed by atoms with Crippen LogP contribution >= 0.6 is 15.9 Å². The molecule has 3 rings (SSSR count). The normalized spacial score (nSPS) is 16.4. The van der Waals surface area contributed by atoms with Crippen LogP contribution < -0.4 is 5.32 Å². The Bertz CT molecular complexity index is 695. The first kappa shape index (κ1) is 18.1. The summed E-state index contributed by atoms with van der Waals surface area (Å²) in [6, 6.07) is 16.1. The molecule has 1 heterocycles. The topological polar surface area (TPSA) is 41.6 Å². The van der Waals surface area contributed by atoms with Crippen LogP contribution in [-0.4, -0.2) is 43.7 Å². The summed E-state index contributed by atoms with van der Waals surface area (Å²) in [5.41, 5.74) is 3.14. The maximum Gasteiger partial charge on any atom is 0.251 e. The van der Waals surface area contributed by atoms with E-state index in [1.165, 1.54) is 11.1 Å². The number of nitrogens with one attached hydrogen (secondary N) is 1. The van der Waals surface area contributed by atoms with Crippen LogP contribution in [0.3, 0.4) is 0 Å². The highest BCUT2D eigenvalue weighted by molar-refractivity contribution is 9.10. The van der Waals surface area contributed by atoms with E-state index in [-0.39, 0.29) is 11.9 Å². The van der Waals surface area contributed by atoms with Gasteiger partial charge in [-0.25, -0.2) is 0 Å². The number of aryl methyl sites for hydroxylation is 1. The van der Waals surface area contributed by atoms with E-state index in [1.54, 1.807) is 0 Å². The highest BCUT2D eigenvalue weighted by atomic mass is 79.9. The second kappa shape index (κ2) is 8.61. The molecule has 5 heteroatoms. The number of benzene rings is 2. The summed E-state index contributed by atoms with van der Waals surface area (Å²) in [7, 11) is 0. The lowest BCUT2D eigenvalue weighted by atomic mass is 10.0. The molecule has 0 radical (unpaired) electrons. The zero-order chi connectivity index (χ0) is 17.6. The maximum atomic E-state index is 12.5. The molecule has 1 unspecified atom stereocenters. The summed E-state index contributed by atoms with van der Waals surface area (Å²) in [5, 5.41) is 3.09. The molecule has 1 N–H and O–H groups in total. The molecule has 1 fully saturated rings. The van der Waals surface area contributed by atoms with Gasteiger partial charge in [-0.15, -0.1) is 0 Å². The SMILES string of the molecule is Cc1ccc(C(CNC(=O)c2ccc(Br)cc2)N2CCOCC2)cc1. The molecule has 1 amide bonds. The van der Waals surface area contributed by atoms with Gasteiger partial charge in [0.05, 0.1) is 19.3 Å². The molecular weight excluding hydrogens is 380 g/mol. The fraction of sp³-hybridized carbons (Fsp3) is 0.350.